The first-order valence-electron chi connectivity index (χ1n) is 6.65. The Labute approximate surface area is 122 Å². The number of likely N-dealkylation sites (N-methyl/N-ethyl adjacent to an activating group) is 1. The summed E-state index contributed by atoms with van der Waals surface area (Å²) in [7, 11) is 1.74. The van der Waals surface area contributed by atoms with E-state index >= 15 is 0 Å². The largest absolute Gasteiger partial charge is 0.480 e. The van der Waals surface area contributed by atoms with E-state index in [9.17, 15) is 14.3 Å². The summed E-state index contributed by atoms with van der Waals surface area (Å²) < 4.78 is 15.1. The summed E-state index contributed by atoms with van der Waals surface area (Å²) in [4.78, 5) is 13.3. The van der Waals surface area contributed by atoms with Crippen molar-refractivity contribution in [3.63, 3.8) is 0 Å². The minimum Gasteiger partial charge on any atom is -0.480 e. The van der Waals surface area contributed by atoms with Gasteiger partial charge in [-0.15, -0.1) is 0 Å². The Morgan fingerprint density at radius 2 is 2.29 bits per heavy atom. The van der Waals surface area contributed by atoms with Crippen LogP contribution in [0.2, 0.25) is 0 Å². The van der Waals surface area contributed by atoms with Gasteiger partial charge in [0.2, 0.25) is 0 Å². The van der Waals surface area contributed by atoms with E-state index < -0.39 is 12.0 Å². The molecule has 1 aromatic heterocycles. The van der Waals surface area contributed by atoms with Crippen LogP contribution in [0.15, 0.2) is 36.7 Å². The predicted molar refractivity (Wildman–Crippen MR) is 76.4 cm³/mol. The second-order valence-electron chi connectivity index (χ2n) is 5.00. The third-order valence-electron chi connectivity index (χ3n) is 3.41. The summed E-state index contributed by atoms with van der Waals surface area (Å²) in [6, 6.07) is 5.42. The summed E-state index contributed by atoms with van der Waals surface area (Å²) in [6.07, 6.45) is 3.50. The number of rotatable bonds is 6. The summed E-state index contributed by atoms with van der Waals surface area (Å²) in [5, 5.41) is 13.5. The molecule has 0 radical (unpaired) electrons. The van der Waals surface area contributed by atoms with E-state index in [0.29, 0.717) is 24.2 Å². The van der Waals surface area contributed by atoms with Crippen molar-refractivity contribution in [3.8, 4) is 0 Å². The first kappa shape index (κ1) is 15.2. The summed E-state index contributed by atoms with van der Waals surface area (Å²) >= 11 is 0. The number of carboxylic acids is 1. The van der Waals surface area contributed by atoms with Crippen molar-refractivity contribution in [2.45, 2.75) is 19.5 Å². The molecule has 0 amide bonds. The molecule has 2 rings (SSSR count). The molecule has 0 aliphatic rings. The highest BCUT2D eigenvalue weighted by molar-refractivity contribution is 5.75. The van der Waals surface area contributed by atoms with Gasteiger partial charge in [0.05, 0.1) is 6.54 Å². The standard InChI is InChI=1S/C15H18FN3O2/c1-11-10-12(4-5-13(11)16)14(15(20)21)18(2)8-9-19-7-3-6-17-19/h3-7,10,14H,8-9H2,1-2H3,(H,20,21). The number of aliphatic carboxylic acids is 1. The van der Waals surface area contributed by atoms with Gasteiger partial charge in [-0.25, -0.2) is 4.39 Å². The van der Waals surface area contributed by atoms with Crippen LogP contribution in [-0.4, -0.2) is 39.3 Å². The summed E-state index contributed by atoms with van der Waals surface area (Å²) in [5.74, 6) is -1.29. The fourth-order valence-corrected chi connectivity index (χ4v) is 2.25. The molecular weight excluding hydrogens is 273 g/mol. The van der Waals surface area contributed by atoms with Crippen molar-refractivity contribution < 1.29 is 14.3 Å². The van der Waals surface area contributed by atoms with Crippen LogP contribution in [-0.2, 0) is 11.3 Å². The molecule has 112 valence electrons. The fraction of sp³-hybridized carbons (Fsp3) is 0.333. The zero-order valence-electron chi connectivity index (χ0n) is 12.0. The molecule has 2 aromatic rings. The quantitative estimate of drug-likeness (QED) is 0.885. The van der Waals surface area contributed by atoms with Gasteiger partial charge in [-0.05, 0) is 37.2 Å². The number of benzene rings is 1. The van der Waals surface area contributed by atoms with Crippen LogP contribution in [0.3, 0.4) is 0 Å². The van der Waals surface area contributed by atoms with Gasteiger partial charge in [-0.1, -0.05) is 12.1 Å². The number of halogens is 1. The molecule has 0 saturated carbocycles. The zero-order valence-corrected chi connectivity index (χ0v) is 12.0. The normalized spacial score (nSPS) is 12.6. The number of aromatic nitrogens is 2. The second kappa shape index (κ2) is 6.49. The monoisotopic (exact) mass is 291 g/mol. The summed E-state index contributed by atoms with van der Waals surface area (Å²) in [5.41, 5.74) is 1.02. The highest BCUT2D eigenvalue weighted by Crippen LogP contribution is 2.22. The predicted octanol–water partition coefficient (Wildman–Crippen LogP) is 2.09. The van der Waals surface area contributed by atoms with Gasteiger partial charge in [0.15, 0.2) is 0 Å². The Morgan fingerprint density at radius 1 is 1.52 bits per heavy atom. The lowest BCUT2D eigenvalue weighted by Gasteiger charge is -2.25. The van der Waals surface area contributed by atoms with E-state index in [0.717, 1.165) is 0 Å². The number of hydrogen-bond acceptors (Lipinski definition) is 3. The summed E-state index contributed by atoms with van der Waals surface area (Å²) in [6.45, 7) is 2.74. The van der Waals surface area contributed by atoms with Gasteiger partial charge in [-0.3, -0.25) is 14.4 Å². The molecule has 0 saturated heterocycles. The first-order chi connectivity index (χ1) is 9.99. The van der Waals surface area contributed by atoms with Crippen LogP contribution in [0.1, 0.15) is 17.2 Å². The van der Waals surface area contributed by atoms with Crippen molar-refractivity contribution in [2.75, 3.05) is 13.6 Å². The van der Waals surface area contributed by atoms with Gasteiger partial charge >= 0.3 is 5.97 Å². The van der Waals surface area contributed by atoms with Crippen LogP contribution < -0.4 is 0 Å². The molecule has 1 unspecified atom stereocenters. The minimum atomic E-state index is -0.955. The van der Waals surface area contributed by atoms with Crippen molar-refractivity contribution in [1.29, 1.82) is 0 Å². The molecule has 0 fully saturated rings. The third kappa shape index (κ3) is 3.66. The van der Waals surface area contributed by atoms with E-state index in [4.69, 9.17) is 0 Å². The fourth-order valence-electron chi connectivity index (χ4n) is 2.25. The maximum atomic E-state index is 13.3. The molecule has 6 heteroatoms. The smallest absolute Gasteiger partial charge is 0.325 e. The first-order valence-corrected chi connectivity index (χ1v) is 6.65. The number of hydrogen-bond donors (Lipinski definition) is 1. The molecule has 1 N–H and O–H groups in total. The third-order valence-corrected chi connectivity index (χ3v) is 3.41. The lowest BCUT2D eigenvalue weighted by atomic mass is 10.0. The Morgan fingerprint density at radius 3 is 2.86 bits per heavy atom. The minimum absolute atomic E-state index is 0.331. The van der Waals surface area contributed by atoms with Gasteiger partial charge in [0.25, 0.3) is 0 Å². The molecular formula is C15H18FN3O2. The molecule has 0 spiro atoms. The topological polar surface area (TPSA) is 58.4 Å². The Balaban J connectivity index is 2.13. The SMILES string of the molecule is Cc1cc(C(C(=O)O)N(C)CCn2cccn2)ccc1F. The van der Waals surface area contributed by atoms with E-state index in [-0.39, 0.29) is 5.82 Å². The molecule has 0 bridgehead atoms. The van der Waals surface area contributed by atoms with Crippen LogP contribution in [0.4, 0.5) is 4.39 Å². The number of carbonyl (C=O) groups is 1. The van der Waals surface area contributed by atoms with Gasteiger partial charge < -0.3 is 5.11 Å². The Hall–Kier alpha value is -2.21. The van der Waals surface area contributed by atoms with Crippen molar-refractivity contribution >= 4 is 5.97 Å². The second-order valence-corrected chi connectivity index (χ2v) is 5.00. The number of carboxylic acid groups (broad SMARTS) is 1. The van der Waals surface area contributed by atoms with Gasteiger partial charge in [-0.2, -0.15) is 5.10 Å². The average molecular weight is 291 g/mol. The van der Waals surface area contributed by atoms with Crippen molar-refractivity contribution in [1.82, 2.24) is 14.7 Å². The van der Waals surface area contributed by atoms with Crippen molar-refractivity contribution in [3.05, 3.63) is 53.6 Å². The number of aryl methyl sites for hydroxylation is 1. The van der Waals surface area contributed by atoms with E-state index in [1.54, 1.807) is 35.8 Å². The van der Waals surface area contributed by atoms with Crippen LogP contribution in [0.25, 0.3) is 0 Å². The lowest BCUT2D eigenvalue weighted by molar-refractivity contribution is -0.143. The van der Waals surface area contributed by atoms with E-state index in [1.807, 2.05) is 12.3 Å². The lowest BCUT2D eigenvalue weighted by Crippen LogP contribution is -2.33. The average Bonchev–Trinajstić information content (AvgIpc) is 2.93. The molecule has 1 atom stereocenters. The zero-order chi connectivity index (χ0) is 15.4. The molecule has 0 aliphatic carbocycles. The molecule has 0 aliphatic heterocycles. The van der Waals surface area contributed by atoms with E-state index in [2.05, 4.69) is 5.10 Å². The molecule has 1 heterocycles. The maximum absolute atomic E-state index is 13.3. The highest BCUT2D eigenvalue weighted by atomic mass is 19.1. The van der Waals surface area contributed by atoms with Crippen LogP contribution in [0, 0.1) is 12.7 Å². The number of nitrogens with zero attached hydrogens (tertiary/aromatic N) is 3. The molecule has 1 aromatic carbocycles. The van der Waals surface area contributed by atoms with Gasteiger partial charge in [0.1, 0.15) is 11.9 Å². The van der Waals surface area contributed by atoms with Crippen molar-refractivity contribution in [2.24, 2.45) is 0 Å². The maximum Gasteiger partial charge on any atom is 0.325 e. The highest BCUT2D eigenvalue weighted by Gasteiger charge is 2.25. The Kier molecular flexibility index (Phi) is 4.70. The van der Waals surface area contributed by atoms with Gasteiger partial charge in [0, 0.05) is 18.9 Å². The van der Waals surface area contributed by atoms with E-state index in [1.165, 1.54) is 12.1 Å². The Bertz CT molecular complexity index is 613. The molecule has 21 heavy (non-hydrogen) atoms. The van der Waals surface area contributed by atoms with Crippen LogP contribution >= 0.6 is 0 Å². The van der Waals surface area contributed by atoms with Crippen LogP contribution in [0.5, 0.6) is 0 Å². The molecule has 5 nitrogen and oxygen atoms in total.